The summed E-state index contributed by atoms with van der Waals surface area (Å²) >= 11 is 0. The van der Waals surface area contributed by atoms with Crippen molar-refractivity contribution in [2.45, 2.75) is 11.3 Å². The lowest BCUT2D eigenvalue weighted by molar-refractivity contribution is 0.527. The molecule has 0 saturated carbocycles. The number of rotatable bonds is 2. The molecular weight excluding hydrogens is 335 g/mol. The first-order valence-electron chi connectivity index (χ1n) is 7.29. The first-order chi connectivity index (χ1) is 11.4. The lowest BCUT2D eigenvalue weighted by Crippen LogP contribution is -2.29. The molecule has 1 aromatic heterocycles. The van der Waals surface area contributed by atoms with Crippen LogP contribution >= 0.6 is 0 Å². The molecule has 0 saturated heterocycles. The van der Waals surface area contributed by atoms with E-state index in [1.807, 2.05) is 0 Å². The van der Waals surface area contributed by atoms with Gasteiger partial charge in [0, 0.05) is 19.7 Å². The molecule has 1 aliphatic heterocycles. The molecule has 24 heavy (non-hydrogen) atoms. The van der Waals surface area contributed by atoms with Gasteiger partial charge in [-0.15, -0.1) is 0 Å². The number of fused-ring (bicyclic) bond motifs is 2. The van der Waals surface area contributed by atoms with Crippen LogP contribution in [0.4, 0.5) is 10.1 Å². The maximum Gasteiger partial charge on any atom is 0.419 e. The van der Waals surface area contributed by atoms with Crippen LogP contribution in [-0.4, -0.2) is 19.5 Å². The molecule has 0 bridgehead atoms. The normalized spacial score (nSPS) is 14.3. The molecule has 0 N–H and O–H groups in total. The SMILES string of the molecule is Cn1c(=O)oc2cc(S(=O)(=O)N3CCc4cccc(F)c43)ccc21. The number of halogens is 1. The van der Waals surface area contributed by atoms with E-state index in [1.54, 1.807) is 12.1 Å². The topological polar surface area (TPSA) is 72.5 Å². The minimum atomic E-state index is -3.95. The van der Waals surface area contributed by atoms with Crippen molar-refractivity contribution in [1.29, 1.82) is 0 Å². The first kappa shape index (κ1) is 14.9. The second-order valence-electron chi connectivity index (χ2n) is 5.63. The highest BCUT2D eigenvalue weighted by Crippen LogP contribution is 2.35. The Hall–Kier alpha value is -2.61. The summed E-state index contributed by atoms with van der Waals surface area (Å²) in [5.41, 5.74) is 1.42. The van der Waals surface area contributed by atoms with Crippen LogP contribution in [0, 0.1) is 5.82 Å². The van der Waals surface area contributed by atoms with E-state index in [9.17, 15) is 17.6 Å². The van der Waals surface area contributed by atoms with Gasteiger partial charge >= 0.3 is 5.76 Å². The van der Waals surface area contributed by atoms with Crippen molar-refractivity contribution in [1.82, 2.24) is 4.57 Å². The van der Waals surface area contributed by atoms with Crippen LogP contribution in [0.5, 0.6) is 0 Å². The number of anilines is 1. The highest BCUT2D eigenvalue weighted by Gasteiger charge is 2.33. The summed E-state index contributed by atoms with van der Waals surface area (Å²) in [6.45, 7) is 0.176. The Morgan fingerprint density at radius 3 is 2.79 bits per heavy atom. The molecule has 0 amide bonds. The fraction of sp³-hybridized carbons (Fsp3) is 0.188. The molecule has 0 spiro atoms. The molecule has 6 nitrogen and oxygen atoms in total. The number of oxazole rings is 1. The zero-order valence-corrected chi connectivity index (χ0v) is 13.5. The molecule has 0 atom stereocenters. The lowest BCUT2D eigenvalue weighted by Gasteiger charge is -2.20. The van der Waals surface area contributed by atoms with E-state index in [0.29, 0.717) is 17.5 Å². The van der Waals surface area contributed by atoms with E-state index in [1.165, 1.54) is 35.9 Å². The third-order valence-electron chi connectivity index (χ3n) is 4.26. The quantitative estimate of drug-likeness (QED) is 0.710. The average Bonchev–Trinajstić information content (AvgIpc) is 3.11. The Balaban J connectivity index is 1.87. The van der Waals surface area contributed by atoms with Gasteiger partial charge < -0.3 is 4.42 Å². The second-order valence-corrected chi connectivity index (χ2v) is 7.49. The van der Waals surface area contributed by atoms with Crippen molar-refractivity contribution in [3.05, 3.63) is 58.3 Å². The van der Waals surface area contributed by atoms with Gasteiger partial charge in [0.25, 0.3) is 10.0 Å². The summed E-state index contributed by atoms with van der Waals surface area (Å²) in [5, 5.41) is 0. The van der Waals surface area contributed by atoms with Crippen molar-refractivity contribution >= 4 is 26.8 Å². The molecule has 2 heterocycles. The number of nitrogens with zero attached hydrogens (tertiary/aromatic N) is 2. The van der Waals surface area contributed by atoms with Gasteiger partial charge in [-0.1, -0.05) is 12.1 Å². The van der Waals surface area contributed by atoms with Gasteiger partial charge in [0.1, 0.15) is 5.82 Å². The highest BCUT2D eigenvalue weighted by molar-refractivity contribution is 7.92. The minimum Gasteiger partial charge on any atom is -0.408 e. The van der Waals surface area contributed by atoms with E-state index in [-0.39, 0.29) is 22.7 Å². The molecule has 0 aliphatic carbocycles. The van der Waals surface area contributed by atoms with Gasteiger partial charge in [-0.05, 0) is 30.2 Å². The Bertz CT molecular complexity index is 1130. The second kappa shape index (κ2) is 4.94. The number of sulfonamides is 1. The summed E-state index contributed by atoms with van der Waals surface area (Å²) in [6.07, 6.45) is 0.453. The maximum atomic E-state index is 14.1. The molecule has 3 aromatic rings. The minimum absolute atomic E-state index is 0.0412. The standard InChI is InChI=1S/C16H13FN2O4S/c1-18-13-6-5-11(9-14(13)23-16(18)20)24(21,22)19-8-7-10-3-2-4-12(17)15(10)19/h2-6,9H,7-8H2,1H3. The maximum absolute atomic E-state index is 14.1. The monoisotopic (exact) mass is 348 g/mol. The summed E-state index contributed by atoms with van der Waals surface area (Å²) in [7, 11) is -2.41. The smallest absolute Gasteiger partial charge is 0.408 e. The van der Waals surface area contributed by atoms with Crippen LogP contribution in [-0.2, 0) is 23.5 Å². The number of para-hydroxylation sites is 1. The van der Waals surface area contributed by atoms with Gasteiger partial charge in [-0.3, -0.25) is 8.87 Å². The molecular formula is C16H13FN2O4S. The largest absolute Gasteiger partial charge is 0.419 e. The van der Waals surface area contributed by atoms with Crippen LogP contribution in [0.2, 0.25) is 0 Å². The molecule has 124 valence electrons. The van der Waals surface area contributed by atoms with Gasteiger partial charge in [0.15, 0.2) is 5.58 Å². The van der Waals surface area contributed by atoms with Gasteiger partial charge in [0.05, 0.1) is 16.1 Å². The molecule has 1 aliphatic rings. The number of aromatic nitrogens is 1. The highest BCUT2D eigenvalue weighted by atomic mass is 32.2. The Labute approximate surface area is 136 Å². The van der Waals surface area contributed by atoms with E-state index < -0.39 is 21.6 Å². The fourth-order valence-corrected chi connectivity index (χ4v) is 4.54. The zero-order chi connectivity index (χ0) is 17.1. The van der Waals surface area contributed by atoms with Crippen molar-refractivity contribution < 1.29 is 17.2 Å². The van der Waals surface area contributed by atoms with Crippen molar-refractivity contribution in [2.75, 3.05) is 10.8 Å². The molecule has 8 heteroatoms. The first-order valence-corrected chi connectivity index (χ1v) is 8.73. The lowest BCUT2D eigenvalue weighted by atomic mass is 10.2. The van der Waals surface area contributed by atoms with Gasteiger partial charge in [-0.2, -0.15) is 0 Å². The summed E-state index contributed by atoms with van der Waals surface area (Å²) < 4.78 is 47.4. The van der Waals surface area contributed by atoms with E-state index in [2.05, 4.69) is 0 Å². The summed E-state index contributed by atoms with van der Waals surface area (Å²) in [5.74, 6) is -1.14. The molecule has 0 fully saturated rings. The van der Waals surface area contributed by atoms with Crippen LogP contribution in [0.25, 0.3) is 11.1 Å². The van der Waals surface area contributed by atoms with E-state index in [0.717, 1.165) is 4.31 Å². The Morgan fingerprint density at radius 1 is 1.21 bits per heavy atom. The van der Waals surface area contributed by atoms with Crippen LogP contribution in [0.1, 0.15) is 5.56 Å². The van der Waals surface area contributed by atoms with Gasteiger partial charge in [-0.25, -0.2) is 17.6 Å². The van der Waals surface area contributed by atoms with Crippen LogP contribution in [0.15, 0.2) is 50.5 Å². The van der Waals surface area contributed by atoms with Crippen LogP contribution < -0.4 is 10.1 Å². The number of benzene rings is 2. The fourth-order valence-electron chi connectivity index (χ4n) is 3.02. The molecule has 0 unspecified atom stereocenters. The van der Waals surface area contributed by atoms with E-state index >= 15 is 0 Å². The predicted molar refractivity (Wildman–Crippen MR) is 86.1 cm³/mol. The molecule has 0 radical (unpaired) electrons. The number of hydrogen-bond donors (Lipinski definition) is 0. The van der Waals surface area contributed by atoms with E-state index in [4.69, 9.17) is 4.42 Å². The Kier molecular flexibility index (Phi) is 3.08. The molecule has 2 aromatic carbocycles. The predicted octanol–water partition coefficient (Wildman–Crippen LogP) is 2.02. The third-order valence-corrected chi connectivity index (χ3v) is 6.05. The average molecular weight is 348 g/mol. The summed E-state index contributed by atoms with van der Waals surface area (Å²) in [6, 6.07) is 8.72. The number of aryl methyl sites for hydroxylation is 1. The molecule has 4 rings (SSSR count). The van der Waals surface area contributed by atoms with Crippen molar-refractivity contribution in [2.24, 2.45) is 7.05 Å². The summed E-state index contributed by atoms with van der Waals surface area (Å²) in [4.78, 5) is 11.5. The third kappa shape index (κ3) is 1.99. The van der Waals surface area contributed by atoms with Crippen molar-refractivity contribution in [3.8, 4) is 0 Å². The van der Waals surface area contributed by atoms with Gasteiger partial charge in [0.2, 0.25) is 0 Å². The van der Waals surface area contributed by atoms with Crippen molar-refractivity contribution in [3.63, 3.8) is 0 Å². The number of hydrogen-bond acceptors (Lipinski definition) is 4. The van der Waals surface area contributed by atoms with Crippen LogP contribution in [0.3, 0.4) is 0 Å². The zero-order valence-electron chi connectivity index (χ0n) is 12.7. The Morgan fingerprint density at radius 2 is 2.00 bits per heavy atom.